The van der Waals surface area contributed by atoms with Crippen molar-refractivity contribution in [2.24, 2.45) is 0 Å². The van der Waals surface area contributed by atoms with E-state index in [4.69, 9.17) is 0 Å². The molecule has 0 amide bonds. The highest BCUT2D eigenvalue weighted by Gasteiger charge is 2.31. The molecule has 1 aromatic carbocycles. The molecule has 1 aliphatic carbocycles. The first-order valence-corrected chi connectivity index (χ1v) is 7.08. The highest BCUT2D eigenvalue weighted by atomic mass is 19.1. The van der Waals surface area contributed by atoms with Crippen LogP contribution in [0.15, 0.2) is 18.2 Å². The quantitative estimate of drug-likeness (QED) is 0.787. The predicted octanol–water partition coefficient (Wildman–Crippen LogP) is 1.93. The van der Waals surface area contributed by atoms with Gasteiger partial charge in [-0.25, -0.2) is 8.78 Å². The smallest absolute Gasteiger partial charge is 0.179 e. The van der Waals surface area contributed by atoms with Crippen LogP contribution in [0.2, 0.25) is 0 Å². The average molecular weight is 280 g/mol. The second-order valence-corrected chi connectivity index (χ2v) is 5.59. The standard InChI is InChI=1S/C15H18F2N2O/c16-11-1-4-13(14(17)9-11)15(20)10-18-5-7-19(8-6-18)12-2-3-12/h1,4,9,12H,2-3,5-8,10H2. The van der Waals surface area contributed by atoms with E-state index < -0.39 is 11.6 Å². The fourth-order valence-corrected chi connectivity index (χ4v) is 2.73. The molecule has 1 aromatic rings. The Balaban J connectivity index is 1.56. The Kier molecular flexibility index (Phi) is 3.81. The Labute approximate surface area is 117 Å². The van der Waals surface area contributed by atoms with Crippen LogP contribution in [0.5, 0.6) is 0 Å². The van der Waals surface area contributed by atoms with E-state index in [1.165, 1.54) is 18.9 Å². The molecule has 1 saturated heterocycles. The Morgan fingerprint density at radius 3 is 2.45 bits per heavy atom. The molecule has 3 rings (SSSR count). The van der Waals surface area contributed by atoms with Gasteiger partial charge in [0.05, 0.1) is 12.1 Å². The van der Waals surface area contributed by atoms with Gasteiger partial charge in [-0.15, -0.1) is 0 Å². The molecule has 5 heteroatoms. The molecular weight excluding hydrogens is 262 g/mol. The normalized spacial score (nSPS) is 21.1. The molecule has 0 aromatic heterocycles. The summed E-state index contributed by atoms with van der Waals surface area (Å²) in [5.74, 6) is -1.70. The van der Waals surface area contributed by atoms with E-state index in [0.29, 0.717) is 0 Å². The summed E-state index contributed by atoms with van der Waals surface area (Å²) in [7, 11) is 0. The van der Waals surface area contributed by atoms with Crippen molar-refractivity contribution < 1.29 is 13.6 Å². The number of ketones is 1. The zero-order valence-electron chi connectivity index (χ0n) is 11.3. The molecule has 1 saturated carbocycles. The lowest BCUT2D eigenvalue weighted by molar-refractivity contribution is 0.0840. The number of carbonyl (C=O) groups is 1. The summed E-state index contributed by atoms with van der Waals surface area (Å²) in [6, 6.07) is 3.87. The second kappa shape index (κ2) is 5.58. The van der Waals surface area contributed by atoms with Crippen molar-refractivity contribution in [3.8, 4) is 0 Å². The average Bonchev–Trinajstić information content (AvgIpc) is 3.23. The number of hydrogen-bond acceptors (Lipinski definition) is 3. The Bertz CT molecular complexity index is 509. The Hall–Kier alpha value is -1.33. The minimum Gasteiger partial charge on any atom is -0.298 e. The maximum absolute atomic E-state index is 13.5. The second-order valence-electron chi connectivity index (χ2n) is 5.59. The maximum Gasteiger partial charge on any atom is 0.179 e. The van der Waals surface area contributed by atoms with Gasteiger partial charge in [0.2, 0.25) is 0 Å². The van der Waals surface area contributed by atoms with E-state index >= 15 is 0 Å². The molecule has 3 nitrogen and oxygen atoms in total. The van der Waals surface area contributed by atoms with Crippen molar-refractivity contribution in [2.45, 2.75) is 18.9 Å². The highest BCUT2D eigenvalue weighted by Crippen LogP contribution is 2.27. The largest absolute Gasteiger partial charge is 0.298 e. The van der Waals surface area contributed by atoms with Gasteiger partial charge < -0.3 is 0 Å². The zero-order chi connectivity index (χ0) is 14.1. The van der Waals surface area contributed by atoms with Crippen LogP contribution in [0.1, 0.15) is 23.2 Å². The first-order chi connectivity index (χ1) is 9.63. The van der Waals surface area contributed by atoms with Crippen LogP contribution in [0.3, 0.4) is 0 Å². The molecule has 0 spiro atoms. The van der Waals surface area contributed by atoms with Crippen molar-refractivity contribution >= 4 is 5.78 Å². The monoisotopic (exact) mass is 280 g/mol. The lowest BCUT2D eigenvalue weighted by Gasteiger charge is -2.34. The molecule has 108 valence electrons. The SMILES string of the molecule is O=C(CN1CCN(C2CC2)CC1)c1ccc(F)cc1F. The number of nitrogens with zero attached hydrogens (tertiary/aromatic N) is 2. The zero-order valence-corrected chi connectivity index (χ0v) is 11.3. The molecule has 0 bridgehead atoms. The van der Waals surface area contributed by atoms with E-state index in [-0.39, 0.29) is 17.9 Å². The molecule has 0 N–H and O–H groups in total. The number of halogens is 2. The number of Topliss-reactive ketones (excluding diaryl/α,β-unsaturated/α-hetero) is 1. The third kappa shape index (κ3) is 3.04. The lowest BCUT2D eigenvalue weighted by atomic mass is 10.1. The molecule has 2 fully saturated rings. The first kappa shape index (κ1) is 13.6. The van der Waals surface area contributed by atoms with E-state index in [1.54, 1.807) is 0 Å². The van der Waals surface area contributed by atoms with Crippen LogP contribution in [0.25, 0.3) is 0 Å². The lowest BCUT2D eigenvalue weighted by Crippen LogP contribution is -2.48. The topological polar surface area (TPSA) is 23.6 Å². The molecule has 1 aliphatic heterocycles. The van der Waals surface area contributed by atoms with E-state index in [1.807, 2.05) is 4.90 Å². The van der Waals surface area contributed by atoms with Crippen LogP contribution in [0.4, 0.5) is 8.78 Å². The maximum atomic E-state index is 13.5. The molecule has 0 unspecified atom stereocenters. The predicted molar refractivity (Wildman–Crippen MR) is 71.7 cm³/mol. The Morgan fingerprint density at radius 2 is 1.85 bits per heavy atom. The van der Waals surface area contributed by atoms with Gasteiger partial charge in [-0.2, -0.15) is 0 Å². The number of piperazine rings is 1. The molecule has 2 aliphatic rings. The first-order valence-electron chi connectivity index (χ1n) is 7.08. The van der Waals surface area contributed by atoms with Crippen LogP contribution < -0.4 is 0 Å². The van der Waals surface area contributed by atoms with Gasteiger partial charge in [-0.1, -0.05) is 0 Å². The van der Waals surface area contributed by atoms with Gasteiger partial charge in [0, 0.05) is 38.3 Å². The summed E-state index contributed by atoms with van der Waals surface area (Å²) in [4.78, 5) is 16.6. The van der Waals surface area contributed by atoms with Crippen molar-refractivity contribution in [3.63, 3.8) is 0 Å². The molecule has 0 radical (unpaired) electrons. The van der Waals surface area contributed by atoms with Crippen LogP contribution in [-0.4, -0.2) is 54.3 Å². The van der Waals surface area contributed by atoms with Crippen LogP contribution in [-0.2, 0) is 0 Å². The minimum atomic E-state index is -0.772. The summed E-state index contributed by atoms with van der Waals surface area (Å²) in [5, 5.41) is 0. The molecular formula is C15H18F2N2O. The summed E-state index contributed by atoms with van der Waals surface area (Å²) in [5.41, 5.74) is -0.0176. The fourth-order valence-electron chi connectivity index (χ4n) is 2.73. The minimum absolute atomic E-state index is 0.0176. The molecule has 1 heterocycles. The summed E-state index contributed by atoms with van der Waals surface area (Å²) in [6.07, 6.45) is 2.58. The van der Waals surface area contributed by atoms with Gasteiger partial charge in [0.25, 0.3) is 0 Å². The van der Waals surface area contributed by atoms with E-state index in [9.17, 15) is 13.6 Å². The summed E-state index contributed by atoms with van der Waals surface area (Å²) >= 11 is 0. The van der Waals surface area contributed by atoms with Gasteiger partial charge in [0.1, 0.15) is 11.6 Å². The number of carbonyl (C=O) groups excluding carboxylic acids is 1. The van der Waals surface area contributed by atoms with Gasteiger partial charge >= 0.3 is 0 Å². The molecule has 20 heavy (non-hydrogen) atoms. The highest BCUT2D eigenvalue weighted by molar-refractivity contribution is 5.97. The Morgan fingerprint density at radius 1 is 1.15 bits per heavy atom. The number of benzene rings is 1. The number of hydrogen-bond donors (Lipinski definition) is 0. The third-order valence-corrected chi connectivity index (χ3v) is 4.07. The summed E-state index contributed by atoms with van der Waals surface area (Å²) < 4.78 is 26.4. The van der Waals surface area contributed by atoms with E-state index in [2.05, 4.69) is 4.90 Å². The fraction of sp³-hybridized carbons (Fsp3) is 0.533. The van der Waals surface area contributed by atoms with Crippen molar-refractivity contribution in [1.29, 1.82) is 0 Å². The summed E-state index contributed by atoms with van der Waals surface area (Å²) in [6.45, 7) is 3.84. The molecule has 0 atom stereocenters. The van der Waals surface area contributed by atoms with Crippen molar-refractivity contribution in [1.82, 2.24) is 9.80 Å². The van der Waals surface area contributed by atoms with Crippen LogP contribution >= 0.6 is 0 Å². The number of rotatable bonds is 4. The van der Waals surface area contributed by atoms with Gasteiger partial charge in [-0.3, -0.25) is 14.6 Å². The van der Waals surface area contributed by atoms with Crippen LogP contribution in [0, 0.1) is 11.6 Å². The van der Waals surface area contributed by atoms with Gasteiger partial charge in [-0.05, 0) is 25.0 Å². The van der Waals surface area contributed by atoms with Gasteiger partial charge in [0.15, 0.2) is 5.78 Å². The third-order valence-electron chi connectivity index (χ3n) is 4.07. The van der Waals surface area contributed by atoms with Crippen molar-refractivity contribution in [2.75, 3.05) is 32.7 Å². The van der Waals surface area contributed by atoms with Crippen molar-refractivity contribution in [3.05, 3.63) is 35.4 Å². The van der Waals surface area contributed by atoms with E-state index in [0.717, 1.165) is 44.4 Å².